The van der Waals surface area contributed by atoms with E-state index < -0.39 is 0 Å². The summed E-state index contributed by atoms with van der Waals surface area (Å²) < 4.78 is 5.04. The first-order valence-electron chi connectivity index (χ1n) is 5.37. The normalized spacial score (nSPS) is 19.1. The number of aromatic nitrogens is 2. The summed E-state index contributed by atoms with van der Waals surface area (Å²) in [5.41, 5.74) is 5.88. The van der Waals surface area contributed by atoms with Crippen molar-refractivity contribution in [3.05, 3.63) is 18.2 Å². The van der Waals surface area contributed by atoms with Gasteiger partial charge in [-0.15, -0.1) is 0 Å². The molecular formula is C11H17N3O. The molecule has 0 atom stereocenters. The predicted octanol–water partition coefficient (Wildman–Crippen LogP) is 1.26. The van der Waals surface area contributed by atoms with Gasteiger partial charge in [-0.1, -0.05) is 12.8 Å². The third-order valence-corrected chi connectivity index (χ3v) is 3.29. The van der Waals surface area contributed by atoms with E-state index in [2.05, 4.69) is 9.97 Å². The van der Waals surface area contributed by atoms with Gasteiger partial charge in [0.1, 0.15) is 5.82 Å². The van der Waals surface area contributed by atoms with Gasteiger partial charge in [-0.25, -0.2) is 9.97 Å². The number of nitrogens with two attached hydrogens (primary N) is 1. The van der Waals surface area contributed by atoms with E-state index in [1.54, 1.807) is 19.5 Å². The SMILES string of the molecule is COc1cnc(C2(CN)CCCC2)nc1. The summed E-state index contributed by atoms with van der Waals surface area (Å²) in [6.07, 6.45) is 8.11. The van der Waals surface area contributed by atoms with Gasteiger partial charge < -0.3 is 10.5 Å². The van der Waals surface area contributed by atoms with Crippen LogP contribution in [0.15, 0.2) is 12.4 Å². The van der Waals surface area contributed by atoms with Crippen molar-refractivity contribution in [1.29, 1.82) is 0 Å². The molecule has 15 heavy (non-hydrogen) atoms. The van der Waals surface area contributed by atoms with Crippen LogP contribution in [0.5, 0.6) is 5.75 Å². The van der Waals surface area contributed by atoms with Crippen molar-refractivity contribution in [2.45, 2.75) is 31.1 Å². The van der Waals surface area contributed by atoms with Crippen LogP contribution in [0.25, 0.3) is 0 Å². The molecule has 0 aromatic carbocycles. The fraction of sp³-hybridized carbons (Fsp3) is 0.636. The first kappa shape index (κ1) is 10.4. The quantitative estimate of drug-likeness (QED) is 0.810. The zero-order valence-corrected chi connectivity index (χ0v) is 9.07. The Hall–Kier alpha value is -1.16. The molecule has 0 aliphatic heterocycles. The second kappa shape index (κ2) is 4.14. The summed E-state index contributed by atoms with van der Waals surface area (Å²) in [7, 11) is 1.62. The Balaban J connectivity index is 2.26. The molecule has 1 heterocycles. The van der Waals surface area contributed by atoms with Crippen LogP contribution in [-0.4, -0.2) is 23.6 Å². The largest absolute Gasteiger partial charge is 0.494 e. The molecule has 2 N–H and O–H groups in total. The maximum atomic E-state index is 5.86. The minimum Gasteiger partial charge on any atom is -0.494 e. The van der Waals surface area contributed by atoms with Gasteiger partial charge in [-0.3, -0.25) is 0 Å². The van der Waals surface area contributed by atoms with Crippen molar-refractivity contribution < 1.29 is 4.74 Å². The van der Waals surface area contributed by atoms with Gasteiger partial charge in [0.15, 0.2) is 5.75 Å². The molecule has 1 aromatic heterocycles. The minimum atomic E-state index is 0.0201. The van der Waals surface area contributed by atoms with Crippen LogP contribution in [0.4, 0.5) is 0 Å². The van der Waals surface area contributed by atoms with Gasteiger partial charge in [0, 0.05) is 12.0 Å². The lowest BCUT2D eigenvalue weighted by Crippen LogP contribution is -2.33. The van der Waals surface area contributed by atoms with Crippen molar-refractivity contribution in [2.24, 2.45) is 5.73 Å². The van der Waals surface area contributed by atoms with E-state index in [1.165, 1.54) is 12.8 Å². The van der Waals surface area contributed by atoms with Gasteiger partial charge in [0.2, 0.25) is 0 Å². The van der Waals surface area contributed by atoms with Gasteiger partial charge in [0.25, 0.3) is 0 Å². The monoisotopic (exact) mass is 207 g/mol. The van der Waals surface area contributed by atoms with E-state index in [0.29, 0.717) is 12.3 Å². The van der Waals surface area contributed by atoms with Gasteiger partial charge in [-0.2, -0.15) is 0 Å². The van der Waals surface area contributed by atoms with Crippen molar-refractivity contribution in [3.8, 4) is 5.75 Å². The van der Waals surface area contributed by atoms with Crippen LogP contribution in [-0.2, 0) is 5.41 Å². The standard InChI is InChI=1S/C11H17N3O/c1-15-9-6-13-10(14-7-9)11(8-12)4-2-3-5-11/h6-7H,2-5,8,12H2,1H3. The van der Waals surface area contributed by atoms with E-state index >= 15 is 0 Å². The number of hydrogen-bond donors (Lipinski definition) is 1. The molecule has 4 nitrogen and oxygen atoms in total. The Bertz CT molecular complexity index is 317. The van der Waals surface area contributed by atoms with Gasteiger partial charge in [-0.05, 0) is 12.8 Å². The molecule has 0 unspecified atom stereocenters. The highest BCUT2D eigenvalue weighted by molar-refractivity contribution is 5.18. The summed E-state index contributed by atoms with van der Waals surface area (Å²) in [6.45, 7) is 0.638. The Labute approximate surface area is 89.9 Å². The van der Waals surface area contributed by atoms with Crippen LogP contribution in [0.3, 0.4) is 0 Å². The molecule has 0 radical (unpaired) electrons. The lowest BCUT2D eigenvalue weighted by Gasteiger charge is -2.24. The molecule has 1 fully saturated rings. The number of methoxy groups -OCH3 is 1. The molecule has 4 heteroatoms. The molecule has 0 saturated heterocycles. The van der Waals surface area contributed by atoms with Crippen LogP contribution in [0.1, 0.15) is 31.5 Å². The lowest BCUT2D eigenvalue weighted by atomic mass is 9.85. The third kappa shape index (κ3) is 1.81. The first-order valence-corrected chi connectivity index (χ1v) is 5.37. The predicted molar refractivity (Wildman–Crippen MR) is 57.8 cm³/mol. The van der Waals surface area contributed by atoms with Gasteiger partial charge in [0.05, 0.1) is 19.5 Å². The summed E-state index contributed by atoms with van der Waals surface area (Å²) in [5, 5.41) is 0. The molecule has 2 rings (SSSR count). The van der Waals surface area contributed by atoms with Crippen molar-refractivity contribution >= 4 is 0 Å². The highest BCUT2D eigenvalue weighted by Gasteiger charge is 2.36. The Morgan fingerprint density at radius 2 is 1.93 bits per heavy atom. The van der Waals surface area contributed by atoms with E-state index in [0.717, 1.165) is 18.7 Å². The Kier molecular flexibility index (Phi) is 2.86. The zero-order chi connectivity index (χ0) is 10.7. The van der Waals surface area contributed by atoms with Crippen LogP contribution >= 0.6 is 0 Å². The van der Waals surface area contributed by atoms with Crippen LogP contribution < -0.4 is 10.5 Å². The second-order valence-corrected chi connectivity index (χ2v) is 4.14. The average Bonchev–Trinajstić information content (AvgIpc) is 2.79. The lowest BCUT2D eigenvalue weighted by molar-refractivity contribution is 0.397. The van der Waals surface area contributed by atoms with Crippen molar-refractivity contribution in [3.63, 3.8) is 0 Å². The third-order valence-electron chi connectivity index (χ3n) is 3.29. The molecule has 1 aliphatic rings. The highest BCUT2D eigenvalue weighted by atomic mass is 16.5. The maximum Gasteiger partial charge on any atom is 0.155 e. The number of nitrogens with zero attached hydrogens (tertiary/aromatic N) is 2. The van der Waals surface area contributed by atoms with Crippen molar-refractivity contribution in [2.75, 3.05) is 13.7 Å². The van der Waals surface area contributed by atoms with E-state index in [4.69, 9.17) is 10.5 Å². The molecule has 1 aliphatic carbocycles. The Morgan fingerprint density at radius 3 is 2.40 bits per heavy atom. The fourth-order valence-corrected chi connectivity index (χ4v) is 2.27. The topological polar surface area (TPSA) is 61.0 Å². The second-order valence-electron chi connectivity index (χ2n) is 4.14. The van der Waals surface area contributed by atoms with E-state index in [9.17, 15) is 0 Å². The minimum absolute atomic E-state index is 0.0201. The van der Waals surface area contributed by atoms with Gasteiger partial charge >= 0.3 is 0 Å². The van der Waals surface area contributed by atoms with E-state index in [-0.39, 0.29) is 5.41 Å². The van der Waals surface area contributed by atoms with E-state index in [1.807, 2.05) is 0 Å². The highest BCUT2D eigenvalue weighted by Crippen LogP contribution is 2.38. The molecule has 0 spiro atoms. The maximum absolute atomic E-state index is 5.86. The zero-order valence-electron chi connectivity index (χ0n) is 9.07. The van der Waals surface area contributed by atoms with Crippen LogP contribution in [0, 0.1) is 0 Å². The molecule has 0 bridgehead atoms. The number of rotatable bonds is 3. The molecular weight excluding hydrogens is 190 g/mol. The Morgan fingerprint density at radius 1 is 1.33 bits per heavy atom. The summed E-state index contributed by atoms with van der Waals surface area (Å²) in [5.74, 6) is 1.58. The molecule has 1 saturated carbocycles. The van der Waals surface area contributed by atoms with Crippen molar-refractivity contribution in [1.82, 2.24) is 9.97 Å². The van der Waals surface area contributed by atoms with Crippen LogP contribution in [0.2, 0.25) is 0 Å². The molecule has 0 amide bonds. The fourth-order valence-electron chi connectivity index (χ4n) is 2.27. The number of ether oxygens (including phenoxy) is 1. The summed E-state index contributed by atoms with van der Waals surface area (Å²) in [6, 6.07) is 0. The average molecular weight is 207 g/mol. The molecule has 1 aromatic rings. The summed E-state index contributed by atoms with van der Waals surface area (Å²) >= 11 is 0. The smallest absolute Gasteiger partial charge is 0.155 e. The summed E-state index contributed by atoms with van der Waals surface area (Å²) in [4.78, 5) is 8.72. The molecule has 82 valence electrons. The number of hydrogen-bond acceptors (Lipinski definition) is 4. The first-order chi connectivity index (χ1) is 7.30.